The van der Waals surface area contributed by atoms with Gasteiger partial charge in [0.25, 0.3) is 0 Å². The van der Waals surface area contributed by atoms with E-state index in [1.54, 1.807) is 0 Å². The van der Waals surface area contributed by atoms with E-state index in [4.69, 9.17) is 32.3 Å². The number of allylic oxidation sites excluding steroid dienone is 18. The van der Waals surface area contributed by atoms with Crippen LogP contribution in [0.5, 0.6) is 0 Å². The lowest BCUT2D eigenvalue weighted by molar-refractivity contribution is -0.161. The number of phosphoric ester groups is 2. The van der Waals surface area contributed by atoms with E-state index in [-0.39, 0.29) is 19.3 Å². The van der Waals surface area contributed by atoms with Crippen LogP contribution < -0.4 is 0 Å². The molecule has 0 saturated heterocycles. The van der Waals surface area contributed by atoms with Gasteiger partial charge in [-0.2, -0.15) is 0 Å². The average Bonchev–Trinajstić information content (AvgIpc) is 3.75. The molecule has 0 aliphatic carbocycles. The quantitative estimate of drug-likeness (QED) is 0.0146. The summed E-state index contributed by atoms with van der Waals surface area (Å²) in [5.74, 6) is -1.61. The van der Waals surface area contributed by atoms with Crippen molar-refractivity contribution in [2.45, 2.75) is 296 Å². The summed E-state index contributed by atoms with van der Waals surface area (Å²) >= 11 is 0. The largest absolute Gasteiger partial charge is 0.472 e. The summed E-state index contributed by atoms with van der Waals surface area (Å²) in [6, 6.07) is 0. The number of hydrogen-bond donors (Lipinski definition) is 4. The molecule has 0 aliphatic heterocycles. The van der Waals surface area contributed by atoms with E-state index in [1.807, 2.05) is 0 Å². The average molecular weight is 1320 g/mol. The molecule has 18 heteroatoms. The number of aliphatic hydroxyl groups is 2. The predicted molar refractivity (Wildman–Crippen MR) is 371 cm³/mol. The Hall–Kier alpha value is -3.79. The molecule has 0 aromatic heterocycles. The van der Waals surface area contributed by atoms with E-state index < -0.39 is 91.5 Å². The van der Waals surface area contributed by atoms with Crippen LogP contribution in [0.3, 0.4) is 0 Å². The van der Waals surface area contributed by atoms with Crippen molar-refractivity contribution in [2.24, 2.45) is 0 Å². The molecule has 0 heterocycles. The Morgan fingerprint density at radius 1 is 0.319 bits per heavy atom. The summed E-state index contributed by atoms with van der Waals surface area (Å²) in [5, 5.41) is 20.5. The zero-order valence-corrected chi connectivity index (χ0v) is 58.5. The van der Waals surface area contributed by atoms with Crippen LogP contribution in [-0.2, 0) is 55.8 Å². The second kappa shape index (κ2) is 66.2. The number of rotatable bonds is 66. The van der Waals surface area contributed by atoms with Crippen LogP contribution in [0.15, 0.2) is 109 Å². The third kappa shape index (κ3) is 67.4. The molecular weight excluding hydrogens is 1190 g/mol. The van der Waals surface area contributed by atoms with Gasteiger partial charge in [0.15, 0.2) is 6.10 Å². The van der Waals surface area contributed by atoms with Crippen LogP contribution in [0.1, 0.15) is 278 Å². The number of carbonyl (C=O) groups is 3. The fourth-order valence-electron chi connectivity index (χ4n) is 9.11. The number of carbonyl (C=O) groups excluding carboxylic acids is 3. The molecule has 0 radical (unpaired) electrons. The molecule has 0 bridgehead atoms. The maximum absolute atomic E-state index is 12.9. The molecule has 0 amide bonds. The van der Waals surface area contributed by atoms with Crippen molar-refractivity contribution in [1.82, 2.24) is 0 Å². The minimum absolute atomic E-state index is 0.101. The van der Waals surface area contributed by atoms with E-state index in [2.05, 4.69) is 130 Å². The van der Waals surface area contributed by atoms with Gasteiger partial charge in [0.05, 0.1) is 26.4 Å². The molecule has 0 spiro atoms. The van der Waals surface area contributed by atoms with Crippen LogP contribution in [0, 0.1) is 0 Å². The van der Waals surface area contributed by atoms with Crippen LogP contribution in [0.25, 0.3) is 0 Å². The first-order chi connectivity index (χ1) is 44.2. The summed E-state index contributed by atoms with van der Waals surface area (Å²) in [7, 11) is -9.79. The molecule has 524 valence electrons. The van der Waals surface area contributed by atoms with Crippen LogP contribution >= 0.6 is 15.6 Å². The van der Waals surface area contributed by atoms with Crippen molar-refractivity contribution in [3.05, 3.63) is 109 Å². The molecule has 0 rings (SSSR count). The van der Waals surface area contributed by atoms with Gasteiger partial charge in [0.1, 0.15) is 25.4 Å². The molecule has 0 saturated carbocycles. The SMILES string of the molecule is CC/C=C\C/C=C\C/C=C\C/C=C\C/C=C\CCCCCCCC(=O)OCC(O)COP(=O)(O)OCC(O)COP(=O)(O)OCC(COC(=O)CCCCCCC/C=C\C/C=C\C/C=C\C/C=C\CCCCC)OC(=O)CCCCCCCCCCCCCCC. The van der Waals surface area contributed by atoms with Crippen molar-refractivity contribution in [3.8, 4) is 0 Å². The van der Waals surface area contributed by atoms with Gasteiger partial charge in [-0.1, -0.05) is 259 Å². The summed E-state index contributed by atoms with van der Waals surface area (Å²) in [6.45, 7) is 2.49. The summed E-state index contributed by atoms with van der Waals surface area (Å²) < 4.78 is 60.9. The molecule has 5 atom stereocenters. The van der Waals surface area contributed by atoms with E-state index >= 15 is 0 Å². The Labute approximate surface area is 551 Å². The van der Waals surface area contributed by atoms with Gasteiger partial charge in [-0.25, -0.2) is 9.13 Å². The van der Waals surface area contributed by atoms with Gasteiger partial charge in [-0.3, -0.25) is 32.5 Å². The number of esters is 3. The van der Waals surface area contributed by atoms with Crippen molar-refractivity contribution >= 4 is 33.6 Å². The zero-order chi connectivity index (χ0) is 66.7. The fourth-order valence-corrected chi connectivity index (χ4v) is 10.7. The van der Waals surface area contributed by atoms with Gasteiger partial charge in [0, 0.05) is 19.3 Å². The van der Waals surface area contributed by atoms with Crippen LogP contribution in [-0.4, -0.2) is 95.9 Å². The highest BCUT2D eigenvalue weighted by Gasteiger charge is 2.29. The third-order valence-corrected chi connectivity index (χ3v) is 16.4. The summed E-state index contributed by atoms with van der Waals surface area (Å²) in [5.41, 5.74) is 0. The number of hydrogen-bond acceptors (Lipinski definition) is 14. The lowest BCUT2D eigenvalue weighted by Gasteiger charge is -2.21. The lowest BCUT2D eigenvalue weighted by Crippen LogP contribution is -2.30. The molecular formula is C73H126O16P2. The number of aliphatic hydroxyl groups excluding tert-OH is 2. The highest BCUT2D eigenvalue weighted by molar-refractivity contribution is 7.47. The molecule has 0 fully saturated rings. The minimum Gasteiger partial charge on any atom is -0.463 e. The molecule has 4 N–H and O–H groups in total. The van der Waals surface area contributed by atoms with Crippen molar-refractivity contribution in [1.29, 1.82) is 0 Å². The van der Waals surface area contributed by atoms with Crippen LogP contribution in [0.2, 0.25) is 0 Å². The minimum atomic E-state index is -4.93. The Morgan fingerprint density at radius 2 is 0.582 bits per heavy atom. The molecule has 0 aliphatic rings. The first kappa shape index (κ1) is 87.2. The van der Waals surface area contributed by atoms with Gasteiger partial charge < -0.3 is 34.2 Å². The normalized spacial score (nSPS) is 14.8. The smallest absolute Gasteiger partial charge is 0.463 e. The second-order valence-corrected chi connectivity index (χ2v) is 26.2. The Balaban J connectivity index is 4.66. The predicted octanol–water partition coefficient (Wildman–Crippen LogP) is 19.6. The molecule has 0 aromatic rings. The van der Waals surface area contributed by atoms with Gasteiger partial charge >= 0.3 is 33.6 Å². The number of unbranched alkanes of at least 4 members (excludes halogenated alkanes) is 25. The lowest BCUT2D eigenvalue weighted by atomic mass is 10.0. The molecule has 16 nitrogen and oxygen atoms in total. The fraction of sp³-hybridized carbons (Fsp3) is 0.712. The van der Waals surface area contributed by atoms with Gasteiger partial charge in [0.2, 0.25) is 0 Å². The van der Waals surface area contributed by atoms with E-state index in [0.29, 0.717) is 19.3 Å². The van der Waals surface area contributed by atoms with E-state index in [1.165, 1.54) is 77.0 Å². The molecule has 91 heavy (non-hydrogen) atoms. The van der Waals surface area contributed by atoms with Crippen molar-refractivity contribution < 1.29 is 75.8 Å². The summed E-state index contributed by atoms with van der Waals surface area (Å²) in [4.78, 5) is 58.4. The van der Waals surface area contributed by atoms with Gasteiger partial charge in [-0.15, -0.1) is 0 Å². The zero-order valence-electron chi connectivity index (χ0n) is 56.7. The Kier molecular flexibility index (Phi) is 63.5. The maximum atomic E-state index is 12.9. The molecule has 5 unspecified atom stereocenters. The number of phosphoric acid groups is 2. The highest BCUT2D eigenvalue weighted by Crippen LogP contribution is 2.45. The van der Waals surface area contributed by atoms with E-state index in [9.17, 15) is 43.5 Å². The first-order valence-electron chi connectivity index (χ1n) is 35.2. The first-order valence-corrected chi connectivity index (χ1v) is 38.2. The topological polar surface area (TPSA) is 231 Å². The Morgan fingerprint density at radius 3 is 0.945 bits per heavy atom. The monoisotopic (exact) mass is 1320 g/mol. The highest BCUT2D eigenvalue weighted by atomic mass is 31.2. The standard InChI is InChI=1S/C73H126O16P2/c1-4-7-10-13-16-19-22-25-27-29-31-33-35-37-39-42-44-47-50-53-56-59-71(76)83-62-68(74)63-85-90(79,80)86-64-69(75)65-87-91(81,82)88-67-70(89-73(78)61-58-55-52-49-46-41-24-21-18-15-12-9-6-3)66-84-72(77)60-57-54-51-48-45-43-40-38-36-34-32-30-28-26-23-20-17-14-11-8-5-2/h7,10,16-17,19-20,25-28,31-34,37-40,68-70,74-75H,4-6,8-9,11-15,18,21-24,29-30,35-36,41-67H2,1-3H3,(H,79,80)(H,81,82)/b10-7-,19-16-,20-17-,27-25-,28-26-,33-31-,34-32-,39-37-,40-38-. The maximum Gasteiger partial charge on any atom is 0.472 e. The third-order valence-electron chi connectivity index (χ3n) is 14.5. The summed E-state index contributed by atoms with van der Waals surface area (Å²) in [6.07, 6.45) is 74.2. The van der Waals surface area contributed by atoms with Crippen molar-refractivity contribution in [3.63, 3.8) is 0 Å². The van der Waals surface area contributed by atoms with Crippen LogP contribution in [0.4, 0.5) is 0 Å². The van der Waals surface area contributed by atoms with E-state index in [0.717, 1.165) is 141 Å². The number of ether oxygens (including phenoxy) is 3. The molecule has 0 aromatic carbocycles. The van der Waals surface area contributed by atoms with Crippen molar-refractivity contribution in [2.75, 3.05) is 39.6 Å². The second-order valence-electron chi connectivity index (χ2n) is 23.3. The Bertz CT molecular complexity index is 2100. The van der Waals surface area contributed by atoms with Gasteiger partial charge in [-0.05, 0) is 109 Å².